The number of nitrogens with zero attached hydrogens (tertiary/aromatic N) is 1. The Balaban J connectivity index is 1.51. The summed E-state index contributed by atoms with van der Waals surface area (Å²) in [5.41, 5.74) is 3.85. The van der Waals surface area contributed by atoms with Gasteiger partial charge in [0.25, 0.3) is 0 Å². The smallest absolute Gasteiger partial charge is 0.188 e. The summed E-state index contributed by atoms with van der Waals surface area (Å²) >= 11 is 0. The van der Waals surface area contributed by atoms with Gasteiger partial charge in [-0.3, -0.25) is 0 Å². The van der Waals surface area contributed by atoms with E-state index in [-0.39, 0.29) is 11.3 Å². The summed E-state index contributed by atoms with van der Waals surface area (Å²) < 4.78 is 11.9. The molecule has 1 aliphatic heterocycles. The molecular formula is C23H31NO3. The van der Waals surface area contributed by atoms with Crippen LogP contribution in [0.15, 0.2) is 22.8 Å². The predicted molar refractivity (Wildman–Crippen MR) is 101 cm³/mol. The lowest BCUT2D eigenvalue weighted by Crippen LogP contribution is -2.49. The number of hydrogen-bond donors (Lipinski definition) is 1. The number of hydrogen-bond acceptors (Lipinski definition) is 4. The minimum atomic E-state index is -0.694. The first-order valence-electron chi connectivity index (χ1n) is 10.8. The maximum atomic E-state index is 11.3. The zero-order chi connectivity index (χ0) is 18.9. The first-order valence-corrected chi connectivity index (χ1v) is 10.8. The molecule has 1 saturated heterocycles. The summed E-state index contributed by atoms with van der Waals surface area (Å²) in [5, 5.41) is 21.1. The fourth-order valence-electron chi connectivity index (χ4n) is 7.14. The molecule has 0 bridgehead atoms. The second-order valence-electron chi connectivity index (χ2n) is 9.61. The zero-order valence-corrected chi connectivity index (χ0v) is 16.6. The molecule has 27 heavy (non-hydrogen) atoms. The number of aliphatic hydroxyl groups is 1. The molecule has 4 aliphatic carbocycles. The number of nitriles is 1. The molecule has 0 amide bonds. The Bertz CT molecular complexity index is 756. The van der Waals surface area contributed by atoms with Crippen LogP contribution in [0.4, 0.5) is 0 Å². The van der Waals surface area contributed by atoms with Crippen molar-refractivity contribution >= 4 is 0 Å². The van der Waals surface area contributed by atoms with E-state index in [9.17, 15) is 10.4 Å². The molecule has 4 nitrogen and oxygen atoms in total. The molecule has 2 fully saturated rings. The van der Waals surface area contributed by atoms with Crippen LogP contribution in [0.3, 0.4) is 0 Å². The summed E-state index contributed by atoms with van der Waals surface area (Å²) in [4.78, 5) is 0. The molecule has 1 unspecified atom stereocenters. The number of allylic oxidation sites excluding steroid dienone is 3. The number of fused-ring (bicyclic) bond motifs is 4. The topological polar surface area (TPSA) is 62.5 Å². The van der Waals surface area contributed by atoms with Gasteiger partial charge in [0.05, 0.1) is 24.9 Å². The van der Waals surface area contributed by atoms with Gasteiger partial charge in [-0.1, -0.05) is 25.5 Å². The Morgan fingerprint density at radius 3 is 2.78 bits per heavy atom. The molecule has 0 aromatic rings. The first kappa shape index (κ1) is 17.9. The van der Waals surface area contributed by atoms with Crippen LogP contribution in [-0.2, 0) is 9.47 Å². The van der Waals surface area contributed by atoms with E-state index in [1.807, 2.05) is 0 Å². The molecule has 4 heteroatoms. The van der Waals surface area contributed by atoms with Crippen molar-refractivity contribution in [3.63, 3.8) is 0 Å². The maximum Gasteiger partial charge on any atom is 0.188 e. The zero-order valence-electron chi connectivity index (χ0n) is 16.6. The van der Waals surface area contributed by atoms with Gasteiger partial charge in [-0.05, 0) is 67.9 Å². The molecule has 0 aromatic heterocycles. The van der Waals surface area contributed by atoms with E-state index in [4.69, 9.17) is 9.47 Å². The third kappa shape index (κ3) is 2.26. The van der Waals surface area contributed by atoms with E-state index in [1.54, 1.807) is 0 Å². The molecule has 1 heterocycles. The SMILES string of the molecule is CC[C@@]1(O)CC[C@H]2[C@@H]3CCC4=C(CC(C#N)C5(C4)OCCO5)C3=CC[C@@]21C. The van der Waals surface area contributed by atoms with Crippen LogP contribution < -0.4 is 0 Å². The Kier molecular flexibility index (Phi) is 3.93. The van der Waals surface area contributed by atoms with Gasteiger partial charge in [-0.2, -0.15) is 5.26 Å². The second-order valence-corrected chi connectivity index (χ2v) is 9.61. The highest BCUT2D eigenvalue weighted by molar-refractivity contribution is 5.46. The minimum Gasteiger partial charge on any atom is -0.389 e. The molecular weight excluding hydrogens is 338 g/mol. The first-order chi connectivity index (χ1) is 13.0. The van der Waals surface area contributed by atoms with Crippen molar-refractivity contribution in [2.24, 2.45) is 23.2 Å². The average Bonchev–Trinajstić information content (AvgIpc) is 3.24. The fraction of sp³-hybridized carbons (Fsp3) is 0.783. The Morgan fingerprint density at radius 1 is 1.30 bits per heavy atom. The van der Waals surface area contributed by atoms with E-state index in [2.05, 4.69) is 26.0 Å². The lowest BCUT2D eigenvalue weighted by Gasteiger charge is -2.51. The summed E-state index contributed by atoms with van der Waals surface area (Å²) in [6.45, 7) is 5.65. The number of ether oxygens (including phenoxy) is 2. The largest absolute Gasteiger partial charge is 0.389 e. The van der Waals surface area contributed by atoms with Crippen molar-refractivity contribution in [1.82, 2.24) is 0 Å². The molecule has 1 spiro atoms. The highest BCUT2D eigenvalue weighted by Crippen LogP contribution is 2.64. The Labute approximate surface area is 162 Å². The molecule has 1 saturated carbocycles. The van der Waals surface area contributed by atoms with Crippen molar-refractivity contribution < 1.29 is 14.6 Å². The van der Waals surface area contributed by atoms with Gasteiger partial charge in [0.15, 0.2) is 5.79 Å². The van der Waals surface area contributed by atoms with Crippen molar-refractivity contribution in [3.05, 3.63) is 22.8 Å². The van der Waals surface area contributed by atoms with Crippen LogP contribution in [0.25, 0.3) is 0 Å². The highest BCUT2D eigenvalue weighted by atomic mass is 16.7. The van der Waals surface area contributed by atoms with Crippen LogP contribution in [0.1, 0.15) is 65.2 Å². The van der Waals surface area contributed by atoms with E-state index < -0.39 is 11.4 Å². The Hall–Kier alpha value is -1.15. The van der Waals surface area contributed by atoms with E-state index in [0.29, 0.717) is 25.0 Å². The van der Waals surface area contributed by atoms with Crippen LogP contribution in [0, 0.1) is 34.5 Å². The van der Waals surface area contributed by atoms with Crippen LogP contribution in [-0.4, -0.2) is 29.7 Å². The van der Waals surface area contributed by atoms with Gasteiger partial charge in [-0.15, -0.1) is 0 Å². The van der Waals surface area contributed by atoms with E-state index in [0.717, 1.165) is 51.4 Å². The standard InChI is InChI=1S/C23H31NO3/c1-3-22(25)9-7-20-18-5-4-15-13-23(26-10-11-27-23)16(14-24)12-19(15)17(18)6-8-21(20,22)2/h6,16,18,20,25H,3-5,7-13H2,1-2H3/t16?,18-,20+,21+,22-/m1/s1. The fourth-order valence-corrected chi connectivity index (χ4v) is 7.14. The normalized spacial score (nSPS) is 45.1. The van der Waals surface area contributed by atoms with Crippen LogP contribution in [0.2, 0.25) is 0 Å². The summed E-state index contributed by atoms with van der Waals surface area (Å²) in [6.07, 6.45) is 10.0. The molecule has 0 aromatic carbocycles. The maximum absolute atomic E-state index is 11.3. The molecule has 5 atom stereocenters. The monoisotopic (exact) mass is 369 g/mol. The molecule has 5 aliphatic rings. The van der Waals surface area contributed by atoms with Gasteiger partial charge < -0.3 is 14.6 Å². The van der Waals surface area contributed by atoms with Gasteiger partial charge >= 0.3 is 0 Å². The third-order valence-electron chi connectivity index (χ3n) is 8.83. The lowest BCUT2D eigenvalue weighted by molar-refractivity contribution is -0.185. The van der Waals surface area contributed by atoms with Gasteiger partial charge in [0.1, 0.15) is 5.92 Å². The minimum absolute atomic E-state index is 0.00380. The van der Waals surface area contributed by atoms with E-state index in [1.165, 1.54) is 16.7 Å². The van der Waals surface area contributed by atoms with Crippen LogP contribution >= 0.6 is 0 Å². The van der Waals surface area contributed by atoms with Crippen molar-refractivity contribution in [2.45, 2.75) is 76.6 Å². The average molecular weight is 370 g/mol. The lowest BCUT2D eigenvalue weighted by atomic mass is 9.55. The van der Waals surface area contributed by atoms with Crippen LogP contribution in [0.5, 0.6) is 0 Å². The molecule has 5 rings (SSSR count). The quantitative estimate of drug-likeness (QED) is 0.750. The second kappa shape index (κ2) is 5.92. The molecule has 1 N–H and O–H groups in total. The highest BCUT2D eigenvalue weighted by Gasteiger charge is 2.60. The summed E-state index contributed by atoms with van der Waals surface area (Å²) in [7, 11) is 0. The summed E-state index contributed by atoms with van der Waals surface area (Å²) in [5.74, 6) is 0.191. The van der Waals surface area contributed by atoms with Gasteiger partial charge in [0.2, 0.25) is 0 Å². The third-order valence-corrected chi connectivity index (χ3v) is 8.83. The number of rotatable bonds is 1. The molecule has 0 radical (unpaired) electrons. The van der Waals surface area contributed by atoms with Crippen molar-refractivity contribution in [3.8, 4) is 6.07 Å². The van der Waals surface area contributed by atoms with Crippen molar-refractivity contribution in [2.75, 3.05) is 13.2 Å². The summed E-state index contributed by atoms with van der Waals surface area (Å²) in [6, 6.07) is 2.49. The van der Waals surface area contributed by atoms with Gasteiger partial charge in [0, 0.05) is 11.8 Å². The van der Waals surface area contributed by atoms with Crippen molar-refractivity contribution in [1.29, 1.82) is 5.26 Å². The Morgan fingerprint density at radius 2 is 2.07 bits per heavy atom. The molecule has 146 valence electrons. The van der Waals surface area contributed by atoms with E-state index >= 15 is 0 Å². The van der Waals surface area contributed by atoms with Gasteiger partial charge in [-0.25, -0.2) is 0 Å². The predicted octanol–water partition coefficient (Wildman–Crippen LogP) is 4.26.